The van der Waals surface area contributed by atoms with Crippen LogP contribution < -0.4 is 4.90 Å². The lowest BCUT2D eigenvalue weighted by Crippen LogP contribution is -2.52. The quantitative estimate of drug-likeness (QED) is 0.580. The average molecular weight is 395 g/mol. The standard InChI is InChI=1S/C19H27ClN4O3/c1-14-9-15(2)12-23(11-14)19(25)13-21-5-7-22(8-6-21)18-4-3-16(24(26)27)10-17(18)20/h3-4,10,14-15H,5-9,11-13H2,1-2H3. The fraction of sp³-hybridized carbons (Fsp3) is 0.632. The SMILES string of the molecule is CC1CC(C)CN(C(=O)CN2CCN(c3ccc([N+](=O)[O-])cc3Cl)CC2)C1. The van der Waals surface area contributed by atoms with Gasteiger partial charge in [0.25, 0.3) is 5.69 Å². The maximum absolute atomic E-state index is 12.7. The number of non-ortho nitro benzene ring substituents is 1. The van der Waals surface area contributed by atoms with Crippen LogP contribution in [0.5, 0.6) is 0 Å². The molecule has 3 rings (SSSR count). The molecular weight excluding hydrogens is 368 g/mol. The van der Waals surface area contributed by atoms with Crippen LogP contribution in [0.1, 0.15) is 20.3 Å². The number of nitro benzene ring substituents is 1. The molecule has 0 spiro atoms. The molecule has 0 saturated carbocycles. The maximum Gasteiger partial charge on any atom is 0.271 e. The van der Waals surface area contributed by atoms with Gasteiger partial charge in [0.15, 0.2) is 0 Å². The van der Waals surface area contributed by atoms with Gasteiger partial charge in [-0.3, -0.25) is 19.8 Å². The second-order valence-corrected chi connectivity index (χ2v) is 8.31. The Bertz CT molecular complexity index is 696. The van der Waals surface area contributed by atoms with Crippen LogP contribution in [-0.2, 0) is 4.79 Å². The second-order valence-electron chi connectivity index (χ2n) is 7.90. The summed E-state index contributed by atoms with van der Waals surface area (Å²) >= 11 is 6.24. The van der Waals surface area contributed by atoms with E-state index >= 15 is 0 Å². The average Bonchev–Trinajstić information content (AvgIpc) is 2.61. The number of halogens is 1. The monoisotopic (exact) mass is 394 g/mol. The van der Waals surface area contributed by atoms with Gasteiger partial charge in [0.05, 0.1) is 22.2 Å². The Morgan fingerprint density at radius 2 is 1.81 bits per heavy atom. The molecule has 1 aromatic rings. The van der Waals surface area contributed by atoms with Crippen LogP contribution in [0.15, 0.2) is 18.2 Å². The Labute approximate surface area is 165 Å². The van der Waals surface area contributed by atoms with Crippen molar-refractivity contribution >= 4 is 28.9 Å². The van der Waals surface area contributed by atoms with E-state index in [0.717, 1.165) is 45.0 Å². The van der Waals surface area contributed by atoms with Crippen LogP contribution in [0.4, 0.5) is 11.4 Å². The zero-order chi connectivity index (χ0) is 19.6. The van der Waals surface area contributed by atoms with E-state index in [1.165, 1.54) is 18.6 Å². The van der Waals surface area contributed by atoms with Crippen LogP contribution in [0, 0.1) is 22.0 Å². The van der Waals surface area contributed by atoms with Crippen molar-refractivity contribution in [1.82, 2.24) is 9.80 Å². The van der Waals surface area contributed by atoms with Gasteiger partial charge in [0.1, 0.15) is 0 Å². The molecule has 0 N–H and O–H groups in total. The maximum atomic E-state index is 12.7. The molecule has 0 aromatic heterocycles. The molecule has 27 heavy (non-hydrogen) atoms. The van der Waals surface area contributed by atoms with E-state index in [1.807, 2.05) is 4.90 Å². The topological polar surface area (TPSA) is 69.9 Å². The Kier molecular flexibility index (Phi) is 6.22. The minimum absolute atomic E-state index is 0.00188. The van der Waals surface area contributed by atoms with Crippen molar-refractivity contribution in [3.05, 3.63) is 33.3 Å². The summed E-state index contributed by atoms with van der Waals surface area (Å²) in [4.78, 5) is 29.4. The number of piperidine rings is 1. The molecule has 0 radical (unpaired) electrons. The minimum atomic E-state index is -0.443. The smallest absolute Gasteiger partial charge is 0.271 e. The summed E-state index contributed by atoms with van der Waals surface area (Å²) in [5.41, 5.74) is 0.810. The molecule has 2 heterocycles. The number of likely N-dealkylation sites (tertiary alicyclic amines) is 1. The number of carbonyl (C=O) groups excluding carboxylic acids is 1. The van der Waals surface area contributed by atoms with Gasteiger partial charge in [-0.2, -0.15) is 0 Å². The molecule has 2 saturated heterocycles. The molecule has 1 amide bonds. The number of nitro groups is 1. The van der Waals surface area contributed by atoms with E-state index in [2.05, 4.69) is 23.6 Å². The second kappa shape index (κ2) is 8.44. The first-order valence-corrected chi connectivity index (χ1v) is 9.90. The van der Waals surface area contributed by atoms with Gasteiger partial charge in [-0.15, -0.1) is 0 Å². The Hall–Kier alpha value is -1.86. The summed E-state index contributed by atoms with van der Waals surface area (Å²) in [7, 11) is 0. The van der Waals surface area contributed by atoms with E-state index in [1.54, 1.807) is 6.07 Å². The van der Waals surface area contributed by atoms with Gasteiger partial charge in [-0.05, 0) is 24.3 Å². The molecule has 2 unspecified atom stereocenters. The Morgan fingerprint density at radius 3 is 2.37 bits per heavy atom. The van der Waals surface area contributed by atoms with Crippen molar-refractivity contribution in [1.29, 1.82) is 0 Å². The van der Waals surface area contributed by atoms with Gasteiger partial charge in [-0.1, -0.05) is 25.4 Å². The number of anilines is 1. The van der Waals surface area contributed by atoms with Crippen LogP contribution >= 0.6 is 11.6 Å². The number of carbonyl (C=O) groups is 1. The zero-order valence-corrected chi connectivity index (χ0v) is 16.7. The highest BCUT2D eigenvalue weighted by atomic mass is 35.5. The molecule has 148 valence electrons. The van der Waals surface area contributed by atoms with Crippen molar-refractivity contribution in [3.8, 4) is 0 Å². The summed E-state index contributed by atoms with van der Waals surface area (Å²) in [5, 5.41) is 11.2. The van der Waals surface area contributed by atoms with E-state index in [4.69, 9.17) is 11.6 Å². The van der Waals surface area contributed by atoms with Gasteiger partial charge in [0.2, 0.25) is 5.91 Å². The number of benzene rings is 1. The lowest BCUT2D eigenvalue weighted by Gasteiger charge is -2.39. The molecule has 2 aliphatic heterocycles. The molecule has 8 heteroatoms. The third kappa shape index (κ3) is 4.90. The highest BCUT2D eigenvalue weighted by Gasteiger charge is 2.28. The number of rotatable bonds is 4. The van der Waals surface area contributed by atoms with E-state index in [9.17, 15) is 14.9 Å². The van der Waals surface area contributed by atoms with Crippen molar-refractivity contribution < 1.29 is 9.72 Å². The van der Waals surface area contributed by atoms with Crippen LogP contribution in [0.25, 0.3) is 0 Å². The normalized spacial score (nSPS) is 24.1. The lowest BCUT2D eigenvalue weighted by molar-refractivity contribution is -0.384. The predicted molar refractivity (Wildman–Crippen MR) is 106 cm³/mol. The number of piperazine rings is 1. The molecule has 2 aliphatic rings. The first-order chi connectivity index (χ1) is 12.8. The first kappa shape index (κ1) is 19.9. The fourth-order valence-corrected chi connectivity index (χ4v) is 4.46. The summed E-state index contributed by atoms with van der Waals surface area (Å²) in [6.45, 7) is 9.65. The number of hydrogen-bond donors (Lipinski definition) is 0. The number of nitrogens with zero attached hydrogens (tertiary/aromatic N) is 4. The van der Waals surface area contributed by atoms with Gasteiger partial charge in [0, 0.05) is 51.4 Å². The lowest BCUT2D eigenvalue weighted by atomic mass is 9.92. The Balaban J connectivity index is 1.53. The van der Waals surface area contributed by atoms with Crippen LogP contribution in [0.3, 0.4) is 0 Å². The van der Waals surface area contributed by atoms with Gasteiger partial charge in [-0.25, -0.2) is 0 Å². The third-order valence-corrected chi connectivity index (χ3v) is 5.74. The molecule has 1 aromatic carbocycles. The van der Waals surface area contributed by atoms with Crippen molar-refractivity contribution in [2.24, 2.45) is 11.8 Å². The molecule has 0 bridgehead atoms. The van der Waals surface area contributed by atoms with Crippen molar-refractivity contribution in [2.75, 3.05) is 50.7 Å². The van der Waals surface area contributed by atoms with E-state index in [-0.39, 0.29) is 11.6 Å². The molecule has 2 atom stereocenters. The van der Waals surface area contributed by atoms with E-state index in [0.29, 0.717) is 23.4 Å². The molecular formula is C19H27ClN4O3. The zero-order valence-electron chi connectivity index (χ0n) is 15.9. The summed E-state index contributed by atoms with van der Waals surface area (Å²) in [5.74, 6) is 1.35. The fourth-order valence-electron chi connectivity index (χ4n) is 4.17. The number of hydrogen-bond acceptors (Lipinski definition) is 5. The summed E-state index contributed by atoms with van der Waals surface area (Å²) in [6, 6.07) is 4.58. The highest BCUT2D eigenvalue weighted by molar-refractivity contribution is 6.33. The van der Waals surface area contributed by atoms with Gasteiger partial charge < -0.3 is 9.80 Å². The predicted octanol–water partition coefficient (Wildman–Crippen LogP) is 2.87. The highest BCUT2D eigenvalue weighted by Crippen LogP contribution is 2.30. The summed E-state index contributed by atoms with van der Waals surface area (Å²) < 4.78 is 0. The van der Waals surface area contributed by atoms with Crippen molar-refractivity contribution in [3.63, 3.8) is 0 Å². The largest absolute Gasteiger partial charge is 0.368 e. The van der Waals surface area contributed by atoms with Crippen LogP contribution in [-0.4, -0.2) is 66.4 Å². The van der Waals surface area contributed by atoms with Gasteiger partial charge >= 0.3 is 0 Å². The van der Waals surface area contributed by atoms with Crippen molar-refractivity contribution in [2.45, 2.75) is 20.3 Å². The number of amides is 1. The minimum Gasteiger partial charge on any atom is -0.368 e. The Morgan fingerprint density at radius 1 is 1.19 bits per heavy atom. The third-order valence-electron chi connectivity index (χ3n) is 5.44. The molecule has 0 aliphatic carbocycles. The molecule has 2 fully saturated rings. The van der Waals surface area contributed by atoms with E-state index < -0.39 is 4.92 Å². The molecule has 7 nitrogen and oxygen atoms in total. The first-order valence-electron chi connectivity index (χ1n) is 9.52. The summed E-state index contributed by atoms with van der Waals surface area (Å²) in [6.07, 6.45) is 1.19. The van der Waals surface area contributed by atoms with Crippen LogP contribution in [0.2, 0.25) is 5.02 Å².